The summed E-state index contributed by atoms with van der Waals surface area (Å²) in [5.41, 5.74) is 0. The van der Waals surface area contributed by atoms with Gasteiger partial charge in [0.2, 0.25) is 0 Å². The summed E-state index contributed by atoms with van der Waals surface area (Å²) < 4.78 is 15.9. The Morgan fingerprint density at radius 1 is 1.27 bits per heavy atom. The highest BCUT2D eigenvalue weighted by molar-refractivity contribution is 4.99. The standard InChI is InChI=1S/C12H22O3/c1-8-9(2)11(4)15-12(10(8)3)6-14-7-13-5/h8-10,12H,4,6-7H2,1-3,5H3/t8-,9?,10-,12?/m1/s1. The van der Waals surface area contributed by atoms with E-state index in [0.29, 0.717) is 31.2 Å². The average Bonchev–Trinajstić information content (AvgIpc) is 2.23. The molecule has 0 aromatic heterocycles. The Balaban J connectivity index is 2.47. The summed E-state index contributed by atoms with van der Waals surface area (Å²) in [7, 11) is 1.62. The van der Waals surface area contributed by atoms with Crippen LogP contribution in [-0.2, 0) is 14.2 Å². The summed E-state index contributed by atoms with van der Waals surface area (Å²) in [5.74, 6) is 2.38. The number of ether oxygens (including phenoxy) is 3. The molecule has 3 nitrogen and oxygen atoms in total. The van der Waals surface area contributed by atoms with Crippen LogP contribution in [0.15, 0.2) is 12.3 Å². The minimum atomic E-state index is 0.110. The fraction of sp³-hybridized carbons (Fsp3) is 0.833. The zero-order valence-corrected chi connectivity index (χ0v) is 10.2. The van der Waals surface area contributed by atoms with Gasteiger partial charge in [0.15, 0.2) is 0 Å². The lowest BCUT2D eigenvalue weighted by molar-refractivity contribution is -0.106. The summed E-state index contributed by atoms with van der Waals surface area (Å²) in [6.45, 7) is 11.5. The Bertz CT molecular complexity index is 215. The van der Waals surface area contributed by atoms with E-state index in [0.717, 1.165) is 5.76 Å². The molecule has 0 N–H and O–H groups in total. The van der Waals surface area contributed by atoms with Crippen molar-refractivity contribution < 1.29 is 14.2 Å². The van der Waals surface area contributed by atoms with Crippen molar-refractivity contribution in [1.82, 2.24) is 0 Å². The van der Waals surface area contributed by atoms with E-state index in [9.17, 15) is 0 Å². The maximum atomic E-state index is 5.75. The molecule has 4 atom stereocenters. The van der Waals surface area contributed by atoms with Gasteiger partial charge in [-0.1, -0.05) is 27.4 Å². The van der Waals surface area contributed by atoms with Gasteiger partial charge in [0, 0.05) is 13.0 Å². The van der Waals surface area contributed by atoms with Crippen LogP contribution in [0, 0.1) is 17.8 Å². The Labute approximate surface area is 92.4 Å². The Kier molecular flexibility index (Phi) is 4.61. The van der Waals surface area contributed by atoms with Gasteiger partial charge in [0.05, 0.1) is 12.4 Å². The van der Waals surface area contributed by atoms with E-state index >= 15 is 0 Å². The molecule has 1 heterocycles. The molecule has 88 valence electrons. The zero-order chi connectivity index (χ0) is 11.4. The maximum Gasteiger partial charge on any atom is 0.146 e. The first-order valence-corrected chi connectivity index (χ1v) is 5.50. The first-order valence-electron chi connectivity index (χ1n) is 5.50. The Morgan fingerprint density at radius 2 is 1.93 bits per heavy atom. The molecule has 1 saturated heterocycles. The van der Waals surface area contributed by atoms with Crippen molar-refractivity contribution in [3.8, 4) is 0 Å². The topological polar surface area (TPSA) is 27.7 Å². The highest BCUT2D eigenvalue weighted by Gasteiger charge is 2.35. The summed E-state index contributed by atoms with van der Waals surface area (Å²) in [6.07, 6.45) is 0.110. The van der Waals surface area contributed by atoms with Crippen LogP contribution in [0.1, 0.15) is 20.8 Å². The van der Waals surface area contributed by atoms with Gasteiger partial charge in [-0.2, -0.15) is 0 Å². The highest BCUT2D eigenvalue weighted by Crippen LogP contribution is 2.36. The molecule has 1 aliphatic rings. The van der Waals surface area contributed by atoms with Crippen molar-refractivity contribution in [1.29, 1.82) is 0 Å². The molecule has 0 amide bonds. The van der Waals surface area contributed by atoms with Crippen molar-refractivity contribution >= 4 is 0 Å². The quantitative estimate of drug-likeness (QED) is 0.531. The predicted octanol–water partition coefficient (Wildman–Crippen LogP) is 2.43. The van der Waals surface area contributed by atoms with Crippen LogP contribution in [0.2, 0.25) is 0 Å². The van der Waals surface area contributed by atoms with Crippen LogP contribution in [0.25, 0.3) is 0 Å². The van der Waals surface area contributed by atoms with Gasteiger partial charge < -0.3 is 14.2 Å². The molecule has 0 saturated carbocycles. The van der Waals surface area contributed by atoms with Crippen LogP contribution in [0.3, 0.4) is 0 Å². The molecule has 0 spiro atoms. The van der Waals surface area contributed by atoms with Crippen LogP contribution in [0.5, 0.6) is 0 Å². The van der Waals surface area contributed by atoms with E-state index in [1.807, 2.05) is 0 Å². The molecule has 3 heteroatoms. The molecule has 1 rings (SSSR count). The van der Waals surface area contributed by atoms with Gasteiger partial charge in [-0.3, -0.25) is 0 Å². The van der Waals surface area contributed by atoms with Gasteiger partial charge in [-0.25, -0.2) is 0 Å². The summed E-state index contributed by atoms with van der Waals surface area (Å²) in [6, 6.07) is 0. The van der Waals surface area contributed by atoms with Crippen molar-refractivity contribution in [3.63, 3.8) is 0 Å². The zero-order valence-electron chi connectivity index (χ0n) is 10.2. The van der Waals surface area contributed by atoms with Crippen molar-refractivity contribution in [3.05, 3.63) is 12.3 Å². The molecular formula is C12H22O3. The number of hydrogen-bond donors (Lipinski definition) is 0. The van der Waals surface area contributed by atoms with E-state index in [1.54, 1.807) is 7.11 Å². The first kappa shape index (κ1) is 12.5. The van der Waals surface area contributed by atoms with E-state index in [1.165, 1.54) is 0 Å². The Morgan fingerprint density at radius 3 is 2.53 bits per heavy atom. The van der Waals surface area contributed by atoms with Crippen molar-refractivity contribution in [2.24, 2.45) is 17.8 Å². The smallest absolute Gasteiger partial charge is 0.146 e. The SMILES string of the molecule is C=C1OC(COCOC)[C@H](C)[C@H](C)C1C. The monoisotopic (exact) mass is 214 g/mol. The Hall–Kier alpha value is -0.540. The summed E-state index contributed by atoms with van der Waals surface area (Å²) in [4.78, 5) is 0. The van der Waals surface area contributed by atoms with Crippen LogP contribution in [-0.4, -0.2) is 26.6 Å². The lowest BCUT2D eigenvalue weighted by Gasteiger charge is -2.39. The predicted molar refractivity (Wildman–Crippen MR) is 59.3 cm³/mol. The number of methoxy groups -OCH3 is 1. The van der Waals surface area contributed by atoms with Gasteiger partial charge in [-0.05, 0) is 11.8 Å². The molecule has 2 unspecified atom stereocenters. The molecule has 0 aromatic rings. The van der Waals surface area contributed by atoms with Crippen molar-refractivity contribution in [2.75, 3.05) is 20.5 Å². The van der Waals surface area contributed by atoms with Gasteiger partial charge in [0.1, 0.15) is 12.9 Å². The van der Waals surface area contributed by atoms with E-state index in [4.69, 9.17) is 14.2 Å². The summed E-state index contributed by atoms with van der Waals surface area (Å²) >= 11 is 0. The molecule has 0 aliphatic carbocycles. The number of allylic oxidation sites excluding steroid dienone is 1. The van der Waals surface area contributed by atoms with Crippen LogP contribution in [0.4, 0.5) is 0 Å². The fourth-order valence-corrected chi connectivity index (χ4v) is 1.93. The third-order valence-electron chi connectivity index (χ3n) is 3.50. The average molecular weight is 214 g/mol. The second-order valence-electron chi connectivity index (χ2n) is 4.41. The summed E-state index contributed by atoms with van der Waals surface area (Å²) in [5, 5.41) is 0. The highest BCUT2D eigenvalue weighted by atomic mass is 16.7. The second kappa shape index (κ2) is 5.52. The third-order valence-corrected chi connectivity index (χ3v) is 3.50. The van der Waals surface area contributed by atoms with Crippen LogP contribution >= 0.6 is 0 Å². The van der Waals surface area contributed by atoms with Gasteiger partial charge in [-0.15, -0.1) is 0 Å². The lowest BCUT2D eigenvalue weighted by atomic mass is 9.79. The fourth-order valence-electron chi connectivity index (χ4n) is 1.93. The molecule has 15 heavy (non-hydrogen) atoms. The molecular weight excluding hydrogens is 192 g/mol. The first-order chi connectivity index (χ1) is 7.07. The maximum absolute atomic E-state index is 5.75. The van der Waals surface area contributed by atoms with E-state index < -0.39 is 0 Å². The van der Waals surface area contributed by atoms with Gasteiger partial charge in [0.25, 0.3) is 0 Å². The normalized spacial score (nSPS) is 36.4. The van der Waals surface area contributed by atoms with Crippen LogP contribution < -0.4 is 0 Å². The largest absolute Gasteiger partial charge is 0.492 e. The van der Waals surface area contributed by atoms with E-state index in [2.05, 4.69) is 27.4 Å². The van der Waals surface area contributed by atoms with Crippen molar-refractivity contribution in [2.45, 2.75) is 26.9 Å². The minimum Gasteiger partial charge on any atom is -0.492 e. The number of rotatable bonds is 4. The molecule has 0 radical (unpaired) electrons. The molecule has 1 aliphatic heterocycles. The number of hydrogen-bond acceptors (Lipinski definition) is 3. The lowest BCUT2D eigenvalue weighted by Crippen LogP contribution is -2.39. The van der Waals surface area contributed by atoms with Gasteiger partial charge >= 0.3 is 0 Å². The minimum absolute atomic E-state index is 0.110. The third kappa shape index (κ3) is 2.95. The second-order valence-corrected chi connectivity index (χ2v) is 4.41. The molecule has 1 fully saturated rings. The molecule has 0 bridgehead atoms. The molecule has 0 aromatic carbocycles. The van der Waals surface area contributed by atoms with E-state index in [-0.39, 0.29) is 6.10 Å².